The maximum absolute atomic E-state index is 13.4. The van der Waals surface area contributed by atoms with Crippen molar-refractivity contribution in [3.8, 4) is 0 Å². The molecule has 0 unspecified atom stereocenters. The second kappa shape index (κ2) is 9.16. The standard InChI is InChI=1S/C18H21FN2O3S2/c1-13-8-9-14(19)12-17(13)20-18(22)16(10-11-25-2)21-26(23,24)15-6-4-3-5-7-15/h3-9,12,16,21H,10-11H2,1-2H3,(H,20,22)/t16-/m0/s1. The van der Waals surface area contributed by atoms with Crippen molar-refractivity contribution < 1.29 is 17.6 Å². The number of carbonyl (C=O) groups excluding carboxylic acids is 1. The van der Waals surface area contributed by atoms with Crippen molar-refractivity contribution in [2.75, 3.05) is 17.3 Å². The molecule has 0 fully saturated rings. The number of rotatable bonds is 8. The third-order valence-electron chi connectivity index (χ3n) is 3.74. The Morgan fingerprint density at radius 1 is 1.19 bits per heavy atom. The van der Waals surface area contributed by atoms with Crippen LogP contribution in [-0.4, -0.2) is 32.4 Å². The Morgan fingerprint density at radius 2 is 1.88 bits per heavy atom. The predicted molar refractivity (Wildman–Crippen MR) is 103 cm³/mol. The van der Waals surface area contributed by atoms with Crippen LogP contribution in [0.15, 0.2) is 53.4 Å². The number of carbonyl (C=O) groups is 1. The maximum Gasteiger partial charge on any atom is 0.242 e. The molecule has 0 aliphatic carbocycles. The number of benzene rings is 2. The lowest BCUT2D eigenvalue weighted by Gasteiger charge is -2.19. The number of aryl methyl sites for hydroxylation is 1. The molecule has 0 saturated heterocycles. The third-order valence-corrected chi connectivity index (χ3v) is 5.87. The van der Waals surface area contributed by atoms with Crippen LogP contribution in [0.1, 0.15) is 12.0 Å². The van der Waals surface area contributed by atoms with Crippen LogP contribution >= 0.6 is 11.8 Å². The van der Waals surface area contributed by atoms with E-state index in [1.165, 1.54) is 36.0 Å². The van der Waals surface area contributed by atoms with E-state index in [2.05, 4.69) is 10.0 Å². The fraction of sp³-hybridized carbons (Fsp3) is 0.278. The molecular formula is C18H21FN2O3S2. The number of thioether (sulfide) groups is 1. The summed E-state index contributed by atoms with van der Waals surface area (Å²) in [6, 6.07) is 11.0. The molecule has 0 bridgehead atoms. The summed E-state index contributed by atoms with van der Waals surface area (Å²) >= 11 is 1.51. The lowest BCUT2D eigenvalue weighted by molar-refractivity contribution is -0.117. The van der Waals surface area contributed by atoms with Crippen molar-refractivity contribution in [2.45, 2.75) is 24.3 Å². The molecule has 140 valence electrons. The molecule has 0 aliphatic rings. The summed E-state index contributed by atoms with van der Waals surface area (Å²) in [6.45, 7) is 1.74. The van der Waals surface area contributed by atoms with E-state index < -0.39 is 27.8 Å². The Kier molecular flexibility index (Phi) is 7.19. The van der Waals surface area contributed by atoms with Crippen LogP contribution in [0.3, 0.4) is 0 Å². The lowest BCUT2D eigenvalue weighted by Crippen LogP contribution is -2.44. The number of amides is 1. The molecule has 5 nitrogen and oxygen atoms in total. The van der Waals surface area contributed by atoms with Crippen LogP contribution in [0.4, 0.5) is 10.1 Å². The minimum Gasteiger partial charge on any atom is -0.324 e. The molecule has 0 radical (unpaired) electrons. The largest absolute Gasteiger partial charge is 0.324 e. The summed E-state index contributed by atoms with van der Waals surface area (Å²) in [7, 11) is -3.84. The molecule has 0 heterocycles. The lowest BCUT2D eigenvalue weighted by atomic mass is 10.1. The zero-order valence-corrected chi connectivity index (χ0v) is 16.2. The normalized spacial score (nSPS) is 12.6. The van der Waals surface area contributed by atoms with E-state index in [0.717, 1.165) is 0 Å². The number of nitrogens with one attached hydrogen (secondary N) is 2. The summed E-state index contributed by atoms with van der Waals surface area (Å²) < 4.78 is 40.9. The topological polar surface area (TPSA) is 75.3 Å². The molecule has 0 aliphatic heterocycles. The van der Waals surface area contributed by atoms with E-state index in [-0.39, 0.29) is 4.90 Å². The Balaban J connectivity index is 2.20. The Bertz CT molecular complexity index is 858. The molecule has 26 heavy (non-hydrogen) atoms. The zero-order chi connectivity index (χ0) is 19.2. The van der Waals surface area contributed by atoms with E-state index in [1.54, 1.807) is 31.2 Å². The first-order chi connectivity index (χ1) is 12.3. The average Bonchev–Trinajstić information content (AvgIpc) is 2.62. The molecular weight excluding hydrogens is 375 g/mol. The van der Waals surface area contributed by atoms with Gasteiger partial charge in [0.25, 0.3) is 0 Å². The summed E-state index contributed by atoms with van der Waals surface area (Å²) in [5.74, 6) is -0.402. The highest BCUT2D eigenvalue weighted by molar-refractivity contribution is 7.98. The Hall–Kier alpha value is -1.90. The van der Waals surface area contributed by atoms with Crippen molar-refractivity contribution in [3.63, 3.8) is 0 Å². The third kappa shape index (κ3) is 5.55. The van der Waals surface area contributed by atoms with Gasteiger partial charge >= 0.3 is 0 Å². The Labute approximate surface area is 157 Å². The monoisotopic (exact) mass is 396 g/mol. The van der Waals surface area contributed by atoms with E-state index in [4.69, 9.17) is 0 Å². The van der Waals surface area contributed by atoms with Crippen LogP contribution in [0.2, 0.25) is 0 Å². The summed E-state index contributed by atoms with van der Waals surface area (Å²) in [5.41, 5.74) is 1.01. The van der Waals surface area contributed by atoms with Gasteiger partial charge in [0.15, 0.2) is 0 Å². The zero-order valence-electron chi connectivity index (χ0n) is 14.5. The molecule has 2 aromatic rings. The minimum absolute atomic E-state index is 0.0869. The van der Waals surface area contributed by atoms with E-state index in [1.807, 2.05) is 6.26 Å². The van der Waals surface area contributed by atoms with Crippen LogP contribution in [0.25, 0.3) is 0 Å². The minimum atomic E-state index is -3.84. The van der Waals surface area contributed by atoms with E-state index in [0.29, 0.717) is 23.4 Å². The van der Waals surface area contributed by atoms with Crippen molar-refractivity contribution in [2.24, 2.45) is 0 Å². The van der Waals surface area contributed by atoms with Gasteiger partial charge in [0.05, 0.1) is 4.90 Å². The summed E-state index contributed by atoms with van der Waals surface area (Å²) in [4.78, 5) is 12.7. The molecule has 1 atom stereocenters. The van der Waals surface area contributed by atoms with Gasteiger partial charge in [-0.15, -0.1) is 0 Å². The number of hydrogen-bond donors (Lipinski definition) is 2. The first-order valence-corrected chi connectivity index (χ1v) is 10.8. The number of sulfonamides is 1. The molecule has 2 N–H and O–H groups in total. The van der Waals surface area contributed by atoms with Crippen LogP contribution in [0, 0.1) is 12.7 Å². The average molecular weight is 397 g/mol. The van der Waals surface area contributed by atoms with Crippen LogP contribution in [0.5, 0.6) is 0 Å². The highest BCUT2D eigenvalue weighted by Crippen LogP contribution is 2.17. The SMILES string of the molecule is CSCC[C@H](NS(=O)(=O)c1ccccc1)C(=O)Nc1cc(F)ccc1C. The van der Waals surface area contributed by atoms with Crippen molar-refractivity contribution >= 4 is 33.4 Å². The van der Waals surface area contributed by atoms with Gasteiger partial charge in [-0.25, -0.2) is 12.8 Å². The van der Waals surface area contributed by atoms with Gasteiger partial charge in [0.1, 0.15) is 11.9 Å². The first kappa shape index (κ1) is 20.4. The number of halogens is 1. The quantitative estimate of drug-likeness (QED) is 0.719. The van der Waals surface area contributed by atoms with Crippen LogP contribution < -0.4 is 10.0 Å². The van der Waals surface area contributed by atoms with Crippen molar-refractivity contribution in [1.82, 2.24) is 4.72 Å². The fourth-order valence-electron chi connectivity index (χ4n) is 2.28. The number of anilines is 1. The van der Waals surface area contributed by atoms with Gasteiger partial charge in [-0.1, -0.05) is 24.3 Å². The van der Waals surface area contributed by atoms with Gasteiger partial charge in [-0.3, -0.25) is 4.79 Å². The predicted octanol–water partition coefficient (Wildman–Crippen LogP) is 3.17. The smallest absolute Gasteiger partial charge is 0.242 e. The molecule has 2 rings (SSSR count). The molecule has 1 amide bonds. The highest BCUT2D eigenvalue weighted by atomic mass is 32.2. The van der Waals surface area contributed by atoms with E-state index >= 15 is 0 Å². The van der Waals surface area contributed by atoms with Gasteiger partial charge in [0.2, 0.25) is 15.9 Å². The second-order valence-electron chi connectivity index (χ2n) is 5.72. The fourth-order valence-corrected chi connectivity index (χ4v) is 4.01. The van der Waals surface area contributed by atoms with Gasteiger partial charge in [0, 0.05) is 5.69 Å². The highest BCUT2D eigenvalue weighted by Gasteiger charge is 2.25. The van der Waals surface area contributed by atoms with Crippen molar-refractivity contribution in [1.29, 1.82) is 0 Å². The van der Waals surface area contributed by atoms with E-state index in [9.17, 15) is 17.6 Å². The van der Waals surface area contributed by atoms with Gasteiger partial charge in [-0.05, 0) is 55.2 Å². The van der Waals surface area contributed by atoms with Crippen molar-refractivity contribution in [3.05, 3.63) is 59.9 Å². The molecule has 0 aromatic heterocycles. The summed E-state index contributed by atoms with van der Waals surface area (Å²) in [5, 5.41) is 2.62. The Morgan fingerprint density at radius 3 is 2.54 bits per heavy atom. The van der Waals surface area contributed by atoms with Gasteiger partial charge < -0.3 is 5.32 Å². The molecule has 8 heteroatoms. The maximum atomic E-state index is 13.4. The van der Waals surface area contributed by atoms with Gasteiger partial charge in [-0.2, -0.15) is 16.5 Å². The second-order valence-corrected chi connectivity index (χ2v) is 8.42. The molecule has 0 saturated carbocycles. The first-order valence-electron chi connectivity index (χ1n) is 7.97. The molecule has 2 aromatic carbocycles. The summed E-state index contributed by atoms with van der Waals surface area (Å²) in [6.07, 6.45) is 2.19. The molecule has 0 spiro atoms. The van der Waals surface area contributed by atoms with Crippen LogP contribution in [-0.2, 0) is 14.8 Å². The number of hydrogen-bond acceptors (Lipinski definition) is 4.